The number of benzene rings is 6. The van der Waals surface area contributed by atoms with Gasteiger partial charge in [-0.1, -0.05) is 103 Å². The number of halogens is 5. The zero-order valence-corrected chi connectivity index (χ0v) is 48.3. The molecular formula is C70H75F5N6O3. The Labute approximate surface area is 490 Å². The second kappa shape index (κ2) is 27.3. The van der Waals surface area contributed by atoms with Crippen LogP contribution < -0.4 is 5.32 Å². The first-order valence-electron chi connectivity index (χ1n) is 29.2. The van der Waals surface area contributed by atoms with Crippen molar-refractivity contribution in [3.05, 3.63) is 232 Å². The number of fused-ring (bicyclic) bond motifs is 3. The van der Waals surface area contributed by atoms with Gasteiger partial charge in [-0.3, -0.25) is 15.0 Å². The van der Waals surface area contributed by atoms with Crippen molar-refractivity contribution in [2.75, 3.05) is 73.2 Å². The highest BCUT2D eigenvalue weighted by molar-refractivity contribution is 5.83. The minimum atomic E-state index is -4.44. The fourth-order valence-corrected chi connectivity index (χ4v) is 12.4. The maximum Gasteiger partial charge on any atom is 0.416 e. The summed E-state index contributed by atoms with van der Waals surface area (Å²) in [5.74, 6) is -0.487. The molecule has 1 N–H and O–H groups in total. The van der Waals surface area contributed by atoms with Gasteiger partial charge in [0.15, 0.2) is 0 Å². The highest BCUT2D eigenvalue weighted by atomic mass is 19.4. The van der Waals surface area contributed by atoms with Crippen LogP contribution in [0.5, 0.6) is 0 Å². The van der Waals surface area contributed by atoms with Crippen LogP contribution in [0.4, 0.5) is 22.0 Å². The molecule has 3 aromatic heterocycles. The van der Waals surface area contributed by atoms with E-state index >= 15 is 0 Å². The Morgan fingerprint density at radius 2 is 0.869 bits per heavy atom. The van der Waals surface area contributed by atoms with Gasteiger partial charge in [-0.25, -0.2) is 8.78 Å². The molecular weight excluding hydrogens is 1070 g/mol. The van der Waals surface area contributed by atoms with E-state index in [9.17, 15) is 22.0 Å². The van der Waals surface area contributed by atoms with Crippen LogP contribution in [0.3, 0.4) is 0 Å². The van der Waals surface area contributed by atoms with Crippen molar-refractivity contribution in [3.63, 3.8) is 0 Å². The molecule has 9 nitrogen and oxygen atoms in total. The standard InChI is InChI=1S/C24H24F4N2O.C24H27FN2O.C22H24N2O/c1-30-11-8-23(9-12-30,19-4-6-21(25)7-5-19)16-31-15-18-14-20(24(26,27)28)13-17-3-2-10-29-22(17)18;1-18-14-19-4-3-11-26-23(19)20(15-18)16-28-17-24(9-12-27(2)13-10-24)21-5-7-22(25)8-6-21;1-2-9-20(10-3-1)22(11-14-23-15-12-22)17-25-16-19-7-4-6-18-8-5-13-24-21(18)19/h2-7,10,13-14H,8-9,11-12,15-16H2,1H3;3-8,11,14-15H,9-10,12-13,16-17H2,1-2H3;1-10,13,23H,11-12,14-17H2. The number of piperidine rings is 3. The molecule has 0 bridgehead atoms. The summed E-state index contributed by atoms with van der Waals surface area (Å²) >= 11 is 0. The second-order valence-electron chi connectivity index (χ2n) is 23.3. The average Bonchev–Trinajstić information content (AvgIpc) is 3.28. The van der Waals surface area contributed by atoms with Gasteiger partial charge in [-0.15, -0.1) is 0 Å². The Kier molecular flexibility index (Phi) is 19.6. The number of rotatable bonds is 15. The number of aromatic nitrogens is 3. The number of nitrogens with zero attached hydrogens (tertiary/aromatic N) is 5. The molecule has 3 fully saturated rings. The summed E-state index contributed by atoms with van der Waals surface area (Å²) in [7, 11) is 4.20. The number of likely N-dealkylation sites (tertiary alicyclic amines) is 2. The lowest BCUT2D eigenvalue weighted by atomic mass is 9.73. The van der Waals surface area contributed by atoms with Gasteiger partial charge in [0.2, 0.25) is 0 Å². The predicted octanol–water partition coefficient (Wildman–Crippen LogP) is 14.5. The zero-order valence-electron chi connectivity index (χ0n) is 48.3. The first kappa shape index (κ1) is 60.1. The average molecular weight is 1140 g/mol. The van der Waals surface area contributed by atoms with Crippen molar-refractivity contribution in [1.29, 1.82) is 0 Å². The van der Waals surface area contributed by atoms with E-state index in [0.29, 0.717) is 42.9 Å². The summed E-state index contributed by atoms with van der Waals surface area (Å²) in [5, 5.41) is 6.23. The normalized spacial score (nSPS) is 17.0. The molecule has 12 rings (SSSR count). The highest BCUT2D eigenvalue weighted by Gasteiger charge is 2.38. The van der Waals surface area contributed by atoms with Crippen molar-refractivity contribution in [1.82, 2.24) is 30.1 Å². The third-order valence-corrected chi connectivity index (χ3v) is 17.4. The summed E-state index contributed by atoms with van der Waals surface area (Å²) < 4.78 is 85.6. The number of nitrogens with one attached hydrogen (secondary N) is 1. The lowest BCUT2D eigenvalue weighted by Crippen LogP contribution is -2.43. The first-order valence-corrected chi connectivity index (χ1v) is 29.2. The topological polar surface area (TPSA) is 84.9 Å². The molecule has 0 unspecified atom stereocenters. The van der Waals surface area contributed by atoms with Crippen LogP contribution in [-0.2, 0) is 56.5 Å². The molecule has 14 heteroatoms. The SMILES string of the molecule is CN1CCC(COCc2cc(C(F)(F)F)cc3cccnc23)(c2ccc(F)cc2)CC1.Cc1cc(COCC2(c3ccc(F)cc3)CCN(C)CC2)c2ncccc2c1.c1ccc(C2(COCc3cccc4cccnc34)CCNCC2)cc1. The van der Waals surface area contributed by atoms with Crippen LogP contribution in [0.2, 0.25) is 0 Å². The summed E-state index contributed by atoms with van der Waals surface area (Å²) in [6.45, 7) is 10.9. The van der Waals surface area contributed by atoms with E-state index < -0.39 is 11.7 Å². The molecule has 6 aromatic carbocycles. The highest BCUT2D eigenvalue weighted by Crippen LogP contribution is 2.40. The zero-order chi connectivity index (χ0) is 58.6. The Morgan fingerprint density at radius 3 is 1.37 bits per heavy atom. The van der Waals surface area contributed by atoms with Crippen molar-refractivity contribution < 1.29 is 36.2 Å². The minimum absolute atomic E-state index is 0.0240. The summed E-state index contributed by atoms with van der Waals surface area (Å²) in [4.78, 5) is 17.9. The van der Waals surface area contributed by atoms with Gasteiger partial charge in [-0.2, -0.15) is 13.2 Å². The van der Waals surface area contributed by atoms with Crippen LogP contribution in [0.15, 0.2) is 176 Å². The van der Waals surface area contributed by atoms with Crippen molar-refractivity contribution in [2.24, 2.45) is 0 Å². The van der Waals surface area contributed by atoms with Crippen LogP contribution >= 0.6 is 0 Å². The largest absolute Gasteiger partial charge is 0.416 e. The van der Waals surface area contributed by atoms with Gasteiger partial charge in [-0.05, 0) is 176 Å². The van der Waals surface area contributed by atoms with E-state index in [2.05, 4.69) is 124 Å². The van der Waals surface area contributed by atoms with E-state index in [0.717, 1.165) is 130 Å². The Bertz CT molecular complexity index is 3560. The van der Waals surface area contributed by atoms with Gasteiger partial charge < -0.3 is 29.3 Å². The maximum absolute atomic E-state index is 13.5. The summed E-state index contributed by atoms with van der Waals surface area (Å²) in [6, 6.07) is 48.5. The third-order valence-electron chi connectivity index (χ3n) is 17.4. The predicted molar refractivity (Wildman–Crippen MR) is 324 cm³/mol. The minimum Gasteiger partial charge on any atom is -0.376 e. The van der Waals surface area contributed by atoms with E-state index in [1.807, 2.05) is 36.7 Å². The molecule has 0 atom stereocenters. The van der Waals surface area contributed by atoms with Gasteiger partial charge in [0.05, 0.1) is 61.8 Å². The lowest BCUT2D eigenvalue weighted by Gasteiger charge is -2.41. The van der Waals surface area contributed by atoms with Crippen LogP contribution in [0, 0.1) is 18.6 Å². The van der Waals surface area contributed by atoms with E-state index in [4.69, 9.17) is 14.2 Å². The van der Waals surface area contributed by atoms with Gasteiger partial charge in [0.1, 0.15) is 11.6 Å². The third kappa shape index (κ3) is 14.7. The Hall–Kier alpha value is -7.04. The summed E-state index contributed by atoms with van der Waals surface area (Å²) in [5.41, 5.74) is 9.08. The van der Waals surface area contributed by atoms with Crippen molar-refractivity contribution in [3.8, 4) is 0 Å². The number of para-hydroxylation sites is 1. The maximum atomic E-state index is 13.5. The van der Waals surface area contributed by atoms with Crippen LogP contribution in [0.25, 0.3) is 32.7 Å². The Balaban J connectivity index is 0.000000141. The van der Waals surface area contributed by atoms with E-state index in [1.165, 1.54) is 34.2 Å². The van der Waals surface area contributed by atoms with Crippen LogP contribution in [-0.4, -0.2) is 97.9 Å². The number of hydrogen-bond acceptors (Lipinski definition) is 9. The molecule has 0 spiro atoms. The molecule has 438 valence electrons. The molecule has 84 heavy (non-hydrogen) atoms. The van der Waals surface area contributed by atoms with Gasteiger partial charge in [0.25, 0.3) is 0 Å². The number of alkyl halides is 3. The molecule has 3 aliphatic heterocycles. The fraction of sp³-hybridized carbons (Fsp3) is 0.357. The van der Waals surface area contributed by atoms with Gasteiger partial charge in [0, 0.05) is 67.7 Å². The fourth-order valence-electron chi connectivity index (χ4n) is 12.4. The monoisotopic (exact) mass is 1140 g/mol. The molecule has 0 aliphatic carbocycles. The van der Waals surface area contributed by atoms with Crippen LogP contribution in [0.1, 0.15) is 83.0 Å². The smallest absolute Gasteiger partial charge is 0.376 e. The number of ether oxygens (including phenoxy) is 3. The molecule has 0 saturated carbocycles. The Morgan fingerprint density at radius 1 is 0.452 bits per heavy atom. The second-order valence-corrected chi connectivity index (χ2v) is 23.3. The van der Waals surface area contributed by atoms with E-state index in [1.54, 1.807) is 42.6 Å². The molecule has 0 amide bonds. The number of hydrogen-bond donors (Lipinski definition) is 1. The molecule has 0 radical (unpaired) electrons. The molecule has 3 aliphatic rings. The quantitative estimate of drug-likeness (QED) is 0.101. The number of pyridine rings is 3. The first-order chi connectivity index (χ1) is 40.7. The van der Waals surface area contributed by atoms with Gasteiger partial charge >= 0.3 is 6.18 Å². The van der Waals surface area contributed by atoms with Crippen molar-refractivity contribution >= 4 is 32.7 Å². The molecule has 9 aromatic rings. The molecule has 6 heterocycles. The summed E-state index contributed by atoms with van der Waals surface area (Å²) in [6.07, 6.45) is 6.73. The lowest BCUT2D eigenvalue weighted by molar-refractivity contribution is -0.137. The number of aryl methyl sites for hydroxylation is 1. The molecule has 3 saturated heterocycles. The van der Waals surface area contributed by atoms with Crippen molar-refractivity contribution in [2.45, 2.75) is 87.7 Å². The van der Waals surface area contributed by atoms with E-state index in [-0.39, 0.29) is 34.5 Å².